The summed E-state index contributed by atoms with van der Waals surface area (Å²) in [5.41, 5.74) is 1.72. The Kier molecular flexibility index (Phi) is 4.39. The van der Waals surface area contributed by atoms with Gasteiger partial charge < -0.3 is 4.74 Å². The second kappa shape index (κ2) is 6.23. The highest BCUT2D eigenvalue weighted by Crippen LogP contribution is 2.37. The number of benzene rings is 1. The molecule has 0 radical (unpaired) electrons. The molecule has 1 aliphatic carbocycles. The molecular weight excluding hydrogens is 262 g/mol. The molecule has 0 aliphatic heterocycles. The normalized spacial score (nSPS) is 20.2. The minimum absolute atomic E-state index is 0.113. The fourth-order valence-corrected chi connectivity index (χ4v) is 2.50. The van der Waals surface area contributed by atoms with Gasteiger partial charge in [-0.3, -0.25) is 4.79 Å². The third-order valence-electron chi connectivity index (χ3n) is 3.65. The maximum absolute atomic E-state index is 12.3. The Bertz CT molecular complexity index is 651. The van der Waals surface area contributed by atoms with E-state index < -0.39 is 11.4 Å². The van der Waals surface area contributed by atoms with Crippen molar-refractivity contribution in [2.45, 2.75) is 12.8 Å². The Balaban J connectivity index is 2.46. The fourth-order valence-electron chi connectivity index (χ4n) is 2.50. The average Bonchev–Trinajstić information content (AvgIpc) is 2.69. The van der Waals surface area contributed by atoms with Crippen molar-refractivity contribution in [2.24, 2.45) is 5.41 Å². The van der Waals surface area contributed by atoms with E-state index in [-0.39, 0.29) is 6.61 Å². The number of rotatable bonds is 4. The minimum Gasteiger partial charge on any atom is -0.460 e. The van der Waals surface area contributed by atoms with Crippen LogP contribution in [0, 0.1) is 16.7 Å². The van der Waals surface area contributed by atoms with Crippen molar-refractivity contribution in [3.63, 3.8) is 0 Å². The van der Waals surface area contributed by atoms with E-state index in [4.69, 9.17) is 4.74 Å². The van der Waals surface area contributed by atoms with E-state index in [1.807, 2.05) is 30.3 Å². The highest BCUT2D eigenvalue weighted by atomic mass is 16.5. The molecule has 106 valence electrons. The Morgan fingerprint density at radius 1 is 1.43 bits per heavy atom. The Hall–Kier alpha value is -2.60. The van der Waals surface area contributed by atoms with Gasteiger partial charge in [0.1, 0.15) is 6.61 Å². The number of allylic oxidation sites excluding steroid dienone is 3. The number of hydrogen-bond acceptors (Lipinski definition) is 3. The molecule has 1 aromatic rings. The number of nitrogens with zero attached hydrogens (tertiary/aromatic N) is 1. The molecule has 1 aromatic carbocycles. The second-order valence-electron chi connectivity index (χ2n) is 4.98. The summed E-state index contributed by atoms with van der Waals surface area (Å²) in [6.07, 6.45) is 5.79. The minimum atomic E-state index is -1.19. The first-order valence-corrected chi connectivity index (χ1v) is 6.77. The number of esters is 1. The lowest BCUT2D eigenvalue weighted by Crippen LogP contribution is -2.33. The van der Waals surface area contributed by atoms with Gasteiger partial charge in [0.05, 0.1) is 6.07 Å². The SMILES string of the molecule is C=CCOC(=O)C1(C#N)CC=C(C=C)c2ccccc2C1. The largest absolute Gasteiger partial charge is 0.460 e. The molecule has 0 fully saturated rings. The molecule has 0 saturated carbocycles. The molecule has 0 spiro atoms. The number of hydrogen-bond donors (Lipinski definition) is 0. The summed E-state index contributed by atoms with van der Waals surface area (Å²) in [5, 5.41) is 9.59. The van der Waals surface area contributed by atoms with Crippen LogP contribution in [0.3, 0.4) is 0 Å². The van der Waals surface area contributed by atoms with E-state index in [9.17, 15) is 10.1 Å². The summed E-state index contributed by atoms with van der Waals surface area (Å²) in [7, 11) is 0. The van der Waals surface area contributed by atoms with Gasteiger partial charge in [0.25, 0.3) is 0 Å². The molecule has 2 rings (SSSR count). The van der Waals surface area contributed by atoms with Crippen molar-refractivity contribution in [1.82, 2.24) is 0 Å². The van der Waals surface area contributed by atoms with E-state index in [1.54, 1.807) is 6.08 Å². The Morgan fingerprint density at radius 3 is 2.86 bits per heavy atom. The smallest absolute Gasteiger partial charge is 0.327 e. The number of ether oxygens (including phenoxy) is 1. The van der Waals surface area contributed by atoms with Gasteiger partial charge in [0.15, 0.2) is 5.41 Å². The van der Waals surface area contributed by atoms with Crippen LogP contribution < -0.4 is 0 Å². The average molecular weight is 279 g/mol. The lowest BCUT2D eigenvalue weighted by Gasteiger charge is -2.22. The summed E-state index contributed by atoms with van der Waals surface area (Å²) in [6.45, 7) is 7.45. The van der Waals surface area contributed by atoms with Gasteiger partial charge in [-0.15, -0.1) is 0 Å². The first kappa shape index (κ1) is 14.8. The van der Waals surface area contributed by atoms with Crippen LogP contribution in [-0.4, -0.2) is 12.6 Å². The van der Waals surface area contributed by atoms with Crippen LogP contribution in [0.5, 0.6) is 0 Å². The molecule has 0 saturated heterocycles. The Morgan fingerprint density at radius 2 is 2.19 bits per heavy atom. The summed E-state index contributed by atoms with van der Waals surface area (Å²) in [4.78, 5) is 12.3. The van der Waals surface area contributed by atoms with Crippen LogP contribution in [0.15, 0.2) is 55.7 Å². The van der Waals surface area contributed by atoms with Crippen molar-refractivity contribution in [2.75, 3.05) is 6.61 Å². The predicted molar refractivity (Wildman–Crippen MR) is 82.1 cm³/mol. The van der Waals surface area contributed by atoms with Crippen LogP contribution in [-0.2, 0) is 16.0 Å². The van der Waals surface area contributed by atoms with Crippen LogP contribution in [0.1, 0.15) is 17.5 Å². The summed E-state index contributed by atoms with van der Waals surface area (Å²) in [6, 6.07) is 9.92. The molecule has 3 nitrogen and oxygen atoms in total. The molecule has 0 amide bonds. The lowest BCUT2D eigenvalue weighted by atomic mass is 9.80. The van der Waals surface area contributed by atoms with Crippen LogP contribution in [0.25, 0.3) is 5.57 Å². The van der Waals surface area contributed by atoms with E-state index in [2.05, 4.69) is 19.2 Å². The molecule has 0 heterocycles. The molecular formula is C18H17NO2. The van der Waals surface area contributed by atoms with Gasteiger partial charge in [-0.05, 0) is 23.1 Å². The predicted octanol–water partition coefficient (Wildman–Crippen LogP) is 3.44. The number of carbonyl (C=O) groups is 1. The van der Waals surface area contributed by atoms with Crippen LogP contribution in [0.2, 0.25) is 0 Å². The molecule has 3 heteroatoms. The molecule has 0 bridgehead atoms. The second-order valence-corrected chi connectivity index (χ2v) is 4.98. The van der Waals surface area contributed by atoms with E-state index in [0.29, 0.717) is 12.8 Å². The topological polar surface area (TPSA) is 50.1 Å². The van der Waals surface area contributed by atoms with Gasteiger partial charge in [-0.25, -0.2) is 0 Å². The zero-order valence-corrected chi connectivity index (χ0v) is 11.8. The highest BCUT2D eigenvalue weighted by molar-refractivity contribution is 5.84. The summed E-state index contributed by atoms with van der Waals surface area (Å²) >= 11 is 0. The van der Waals surface area contributed by atoms with Crippen LogP contribution >= 0.6 is 0 Å². The maximum Gasteiger partial charge on any atom is 0.327 e. The molecule has 1 atom stereocenters. The molecule has 0 aromatic heterocycles. The van der Waals surface area contributed by atoms with Crippen molar-refractivity contribution in [3.8, 4) is 6.07 Å². The van der Waals surface area contributed by atoms with Crippen molar-refractivity contribution >= 4 is 11.5 Å². The molecule has 1 unspecified atom stereocenters. The first-order chi connectivity index (χ1) is 10.2. The van der Waals surface area contributed by atoms with E-state index in [1.165, 1.54) is 6.08 Å². The maximum atomic E-state index is 12.3. The van der Waals surface area contributed by atoms with Crippen molar-refractivity contribution < 1.29 is 9.53 Å². The highest BCUT2D eigenvalue weighted by Gasteiger charge is 2.41. The summed E-state index contributed by atoms with van der Waals surface area (Å²) < 4.78 is 5.13. The third-order valence-corrected chi connectivity index (χ3v) is 3.65. The first-order valence-electron chi connectivity index (χ1n) is 6.77. The van der Waals surface area contributed by atoms with Crippen molar-refractivity contribution in [1.29, 1.82) is 5.26 Å². The fraction of sp³-hybridized carbons (Fsp3) is 0.222. The molecule has 1 aliphatic rings. The number of carbonyl (C=O) groups excluding carboxylic acids is 1. The third kappa shape index (κ3) is 2.80. The van der Waals surface area contributed by atoms with Gasteiger partial charge in [-0.2, -0.15) is 5.26 Å². The summed E-state index contributed by atoms with van der Waals surface area (Å²) in [5.74, 6) is -0.499. The van der Waals surface area contributed by atoms with Crippen LogP contribution in [0.4, 0.5) is 0 Å². The van der Waals surface area contributed by atoms with Crippen molar-refractivity contribution in [3.05, 3.63) is 66.8 Å². The zero-order valence-electron chi connectivity index (χ0n) is 11.8. The quantitative estimate of drug-likeness (QED) is 0.626. The van der Waals surface area contributed by atoms with E-state index in [0.717, 1.165) is 16.7 Å². The van der Waals surface area contributed by atoms with Gasteiger partial charge in [0, 0.05) is 6.42 Å². The van der Waals surface area contributed by atoms with E-state index >= 15 is 0 Å². The zero-order chi connectivity index (χ0) is 15.3. The standard InChI is InChI=1S/C18H17NO2/c1-3-11-21-17(20)18(13-19)10-9-14(4-2)16-8-6-5-7-15(16)12-18/h3-9H,1-2,10-12H2. The number of fused-ring (bicyclic) bond motifs is 1. The lowest BCUT2D eigenvalue weighted by molar-refractivity contribution is -0.151. The van der Waals surface area contributed by atoms with Gasteiger partial charge in [-0.1, -0.05) is 55.7 Å². The monoisotopic (exact) mass is 279 g/mol. The molecule has 21 heavy (non-hydrogen) atoms. The Labute approximate surface area is 124 Å². The molecule has 0 N–H and O–H groups in total. The number of nitriles is 1. The van der Waals surface area contributed by atoms with Gasteiger partial charge >= 0.3 is 5.97 Å². The van der Waals surface area contributed by atoms with Gasteiger partial charge in [0.2, 0.25) is 0 Å².